The molecule has 0 aliphatic rings. The van der Waals surface area contributed by atoms with E-state index in [1.165, 1.54) is 16.8 Å². The standard InChI is InChI=1S/C10H14N/c1-8-5-6-10(11(3)4)9(2)7-8/h5-7H,3H2,1-2,4H3/q+1. The van der Waals surface area contributed by atoms with Crippen molar-refractivity contribution in [3.63, 3.8) is 0 Å². The first-order valence-corrected chi connectivity index (χ1v) is 3.73. The minimum atomic E-state index is 1.19. The Kier molecular flexibility index (Phi) is 2.08. The summed E-state index contributed by atoms with van der Waals surface area (Å²) in [7, 11) is 1.96. The molecule has 0 heterocycles. The summed E-state index contributed by atoms with van der Waals surface area (Å²) >= 11 is 0. The summed E-state index contributed by atoms with van der Waals surface area (Å²) in [5, 5.41) is 0. The maximum atomic E-state index is 3.83. The third-order valence-electron chi connectivity index (χ3n) is 1.76. The highest BCUT2D eigenvalue weighted by Gasteiger charge is 2.03. The van der Waals surface area contributed by atoms with Gasteiger partial charge in [-0.25, -0.2) is 4.58 Å². The molecule has 0 amide bonds. The lowest BCUT2D eigenvalue weighted by Crippen LogP contribution is -1.95. The van der Waals surface area contributed by atoms with E-state index in [4.69, 9.17) is 0 Å². The van der Waals surface area contributed by atoms with Gasteiger partial charge in [-0.1, -0.05) is 11.6 Å². The van der Waals surface area contributed by atoms with Gasteiger partial charge in [-0.3, -0.25) is 0 Å². The van der Waals surface area contributed by atoms with Gasteiger partial charge in [0.1, 0.15) is 13.8 Å². The van der Waals surface area contributed by atoms with E-state index < -0.39 is 0 Å². The molecule has 0 unspecified atom stereocenters. The van der Waals surface area contributed by atoms with Crippen LogP contribution >= 0.6 is 0 Å². The summed E-state index contributed by atoms with van der Waals surface area (Å²) in [6.45, 7) is 8.03. The molecule has 0 atom stereocenters. The normalized spacial score (nSPS) is 9.73. The predicted octanol–water partition coefficient (Wildman–Crippen LogP) is 2.28. The highest BCUT2D eigenvalue weighted by atomic mass is 14.9. The van der Waals surface area contributed by atoms with Crippen LogP contribution in [-0.2, 0) is 0 Å². The third-order valence-corrected chi connectivity index (χ3v) is 1.76. The van der Waals surface area contributed by atoms with Gasteiger partial charge in [-0.05, 0) is 19.9 Å². The highest BCUT2D eigenvalue weighted by Crippen LogP contribution is 2.16. The molecule has 11 heavy (non-hydrogen) atoms. The lowest BCUT2D eigenvalue weighted by molar-refractivity contribution is -0.395. The van der Waals surface area contributed by atoms with Crippen molar-refractivity contribution in [3.05, 3.63) is 29.3 Å². The average molecular weight is 148 g/mol. The Labute approximate surface area is 68.0 Å². The number of benzene rings is 1. The van der Waals surface area contributed by atoms with Crippen molar-refractivity contribution in [3.8, 4) is 0 Å². The van der Waals surface area contributed by atoms with Gasteiger partial charge in [0.2, 0.25) is 5.69 Å². The number of hydrogen-bond acceptors (Lipinski definition) is 0. The summed E-state index contributed by atoms with van der Waals surface area (Å²) in [5.74, 6) is 0. The molecule has 0 radical (unpaired) electrons. The lowest BCUT2D eigenvalue weighted by Gasteiger charge is -1.99. The topological polar surface area (TPSA) is 3.01 Å². The zero-order chi connectivity index (χ0) is 8.43. The predicted molar refractivity (Wildman–Crippen MR) is 48.9 cm³/mol. The molecule has 0 fully saturated rings. The van der Waals surface area contributed by atoms with Gasteiger partial charge in [-0.15, -0.1) is 0 Å². The molecular weight excluding hydrogens is 134 g/mol. The molecule has 1 aromatic carbocycles. The number of hydrogen-bond donors (Lipinski definition) is 0. The smallest absolute Gasteiger partial charge is 0.207 e. The second-order valence-electron chi connectivity index (χ2n) is 2.99. The fraction of sp³-hybridized carbons (Fsp3) is 0.300. The van der Waals surface area contributed by atoms with Crippen molar-refractivity contribution in [2.75, 3.05) is 7.05 Å². The van der Waals surface area contributed by atoms with Crippen molar-refractivity contribution in [2.24, 2.45) is 0 Å². The highest BCUT2D eigenvalue weighted by molar-refractivity contribution is 5.43. The number of rotatable bonds is 1. The molecule has 1 aromatic rings. The van der Waals surface area contributed by atoms with Crippen molar-refractivity contribution in [1.82, 2.24) is 0 Å². The minimum absolute atomic E-state index is 1.19. The van der Waals surface area contributed by atoms with E-state index >= 15 is 0 Å². The van der Waals surface area contributed by atoms with Crippen LogP contribution in [0.3, 0.4) is 0 Å². The van der Waals surface area contributed by atoms with Crippen LogP contribution in [0.2, 0.25) is 0 Å². The zero-order valence-electron chi connectivity index (χ0n) is 7.39. The molecule has 0 aliphatic heterocycles. The Hall–Kier alpha value is -1.11. The largest absolute Gasteiger partial charge is 0.208 e. The molecule has 0 saturated carbocycles. The molecule has 0 aliphatic carbocycles. The van der Waals surface area contributed by atoms with E-state index in [1.807, 2.05) is 11.6 Å². The lowest BCUT2D eigenvalue weighted by atomic mass is 10.1. The van der Waals surface area contributed by atoms with E-state index in [0.717, 1.165) is 0 Å². The summed E-state index contributed by atoms with van der Waals surface area (Å²) < 4.78 is 1.88. The van der Waals surface area contributed by atoms with Crippen molar-refractivity contribution >= 4 is 12.4 Å². The molecule has 0 saturated heterocycles. The van der Waals surface area contributed by atoms with E-state index in [0.29, 0.717) is 0 Å². The molecule has 1 heteroatoms. The van der Waals surface area contributed by atoms with Crippen LogP contribution in [0.25, 0.3) is 0 Å². The van der Waals surface area contributed by atoms with Crippen LogP contribution in [0, 0.1) is 13.8 Å². The van der Waals surface area contributed by atoms with Gasteiger partial charge in [0, 0.05) is 11.6 Å². The van der Waals surface area contributed by atoms with Gasteiger partial charge in [-0.2, -0.15) is 0 Å². The summed E-state index contributed by atoms with van der Waals surface area (Å²) in [6, 6.07) is 6.36. The molecule has 0 spiro atoms. The van der Waals surface area contributed by atoms with E-state index in [9.17, 15) is 0 Å². The number of aryl methyl sites for hydroxylation is 2. The monoisotopic (exact) mass is 148 g/mol. The molecule has 1 nitrogen and oxygen atoms in total. The first-order valence-electron chi connectivity index (χ1n) is 3.73. The average Bonchev–Trinajstić information content (AvgIpc) is 1.85. The zero-order valence-corrected chi connectivity index (χ0v) is 7.39. The molecular formula is C10H14N+. The third kappa shape index (κ3) is 1.67. The molecule has 58 valence electrons. The summed E-state index contributed by atoms with van der Waals surface area (Å²) in [6.07, 6.45) is 0. The van der Waals surface area contributed by atoms with Gasteiger partial charge < -0.3 is 0 Å². The second kappa shape index (κ2) is 2.87. The Morgan fingerprint density at radius 2 is 1.91 bits per heavy atom. The van der Waals surface area contributed by atoms with E-state index in [1.54, 1.807) is 0 Å². The summed E-state index contributed by atoms with van der Waals surface area (Å²) in [5.41, 5.74) is 3.77. The minimum Gasteiger partial charge on any atom is -0.208 e. The fourth-order valence-electron chi connectivity index (χ4n) is 1.23. The summed E-state index contributed by atoms with van der Waals surface area (Å²) in [4.78, 5) is 0. The quantitative estimate of drug-likeness (QED) is 0.424. The first kappa shape index (κ1) is 7.99. The molecule has 0 N–H and O–H groups in total. The van der Waals surface area contributed by atoms with Crippen molar-refractivity contribution in [2.45, 2.75) is 13.8 Å². The fourth-order valence-corrected chi connectivity index (χ4v) is 1.23. The van der Waals surface area contributed by atoms with Crippen molar-refractivity contribution < 1.29 is 4.58 Å². The first-order chi connectivity index (χ1) is 5.11. The Morgan fingerprint density at radius 1 is 1.27 bits per heavy atom. The van der Waals surface area contributed by atoms with Gasteiger partial charge in [0.15, 0.2) is 0 Å². The number of nitrogens with zero attached hydrogens (tertiary/aromatic N) is 1. The van der Waals surface area contributed by atoms with Crippen LogP contribution in [0.1, 0.15) is 11.1 Å². The Morgan fingerprint density at radius 3 is 2.36 bits per heavy atom. The Bertz CT molecular complexity index is 287. The maximum absolute atomic E-state index is 3.83. The van der Waals surface area contributed by atoms with E-state index in [-0.39, 0.29) is 0 Å². The van der Waals surface area contributed by atoms with Crippen LogP contribution in [-0.4, -0.2) is 18.3 Å². The molecule has 0 aromatic heterocycles. The molecule has 1 rings (SSSR count). The molecule has 0 bridgehead atoms. The van der Waals surface area contributed by atoms with Crippen LogP contribution < -0.4 is 0 Å². The van der Waals surface area contributed by atoms with Gasteiger partial charge >= 0.3 is 0 Å². The Balaban J connectivity index is 3.20. The van der Waals surface area contributed by atoms with E-state index in [2.05, 4.69) is 38.8 Å². The van der Waals surface area contributed by atoms with Crippen LogP contribution in [0.15, 0.2) is 18.2 Å². The van der Waals surface area contributed by atoms with Crippen molar-refractivity contribution in [1.29, 1.82) is 0 Å². The van der Waals surface area contributed by atoms with Crippen LogP contribution in [0.5, 0.6) is 0 Å². The second-order valence-corrected chi connectivity index (χ2v) is 2.99. The van der Waals surface area contributed by atoms with Gasteiger partial charge in [0.05, 0.1) is 0 Å². The van der Waals surface area contributed by atoms with Gasteiger partial charge in [0.25, 0.3) is 0 Å². The maximum Gasteiger partial charge on any atom is 0.207 e. The van der Waals surface area contributed by atoms with Crippen LogP contribution in [0.4, 0.5) is 5.69 Å². The SMILES string of the molecule is C=[N+](C)c1ccc(C)cc1C.